The molecule has 2 heterocycles. The lowest BCUT2D eigenvalue weighted by Crippen LogP contribution is -2.35. The molecule has 0 saturated carbocycles. The lowest BCUT2D eigenvalue weighted by molar-refractivity contribution is -0.129. The van der Waals surface area contributed by atoms with Crippen LogP contribution in [0, 0.1) is 12.8 Å². The summed E-state index contributed by atoms with van der Waals surface area (Å²) >= 11 is 0. The predicted molar refractivity (Wildman–Crippen MR) is 83.0 cm³/mol. The molecule has 1 saturated heterocycles. The Hall–Kier alpha value is -1.89. The average molecular weight is 307 g/mol. The molecule has 2 amide bonds. The van der Waals surface area contributed by atoms with Crippen LogP contribution in [0.5, 0.6) is 0 Å². The monoisotopic (exact) mass is 307 g/mol. The summed E-state index contributed by atoms with van der Waals surface area (Å²) < 4.78 is 1.76. The van der Waals surface area contributed by atoms with Gasteiger partial charge >= 0.3 is 0 Å². The van der Waals surface area contributed by atoms with Crippen molar-refractivity contribution in [2.45, 2.75) is 19.9 Å². The van der Waals surface area contributed by atoms with Gasteiger partial charge in [0.05, 0.1) is 23.9 Å². The number of hydrogen-bond acceptors (Lipinski definition) is 4. The number of likely N-dealkylation sites (tertiary alicyclic amines) is 1. The molecule has 1 aliphatic heterocycles. The van der Waals surface area contributed by atoms with Gasteiger partial charge in [0, 0.05) is 33.1 Å². The highest BCUT2D eigenvalue weighted by Crippen LogP contribution is 2.17. The molecule has 1 N–H and O–H groups in total. The molecule has 1 unspecified atom stereocenters. The number of aromatic nitrogens is 2. The quantitative estimate of drug-likeness (QED) is 0.787. The maximum Gasteiger partial charge on any atom is 0.225 e. The van der Waals surface area contributed by atoms with Gasteiger partial charge in [0.25, 0.3) is 0 Å². The molecule has 7 heteroatoms. The maximum atomic E-state index is 12.2. The minimum atomic E-state index is -0.246. The third-order valence-electron chi connectivity index (χ3n) is 3.95. The average Bonchev–Trinajstić information content (AvgIpc) is 2.96. The number of rotatable bonds is 6. The van der Waals surface area contributed by atoms with E-state index < -0.39 is 0 Å². The second kappa shape index (κ2) is 6.91. The Balaban J connectivity index is 1.83. The Kier molecular flexibility index (Phi) is 5.18. The summed E-state index contributed by atoms with van der Waals surface area (Å²) in [6, 6.07) is 1.95. The molecule has 1 atom stereocenters. The second-order valence-corrected chi connectivity index (χ2v) is 6.16. The van der Waals surface area contributed by atoms with Crippen LogP contribution in [0.25, 0.3) is 0 Å². The van der Waals surface area contributed by atoms with Crippen LogP contribution in [0.1, 0.15) is 17.8 Å². The lowest BCUT2D eigenvalue weighted by atomic mass is 10.1. The Labute approximate surface area is 131 Å². The fraction of sp³-hybridized carbons (Fsp3) is 0.667. The third kappa shape index (κ3) is 4.07. The van der Waals surface area contributed by atoms with Gasteiger partial charge in [-0.1, -0.05) is 0 Å². The molecule has 2 rings (SSSR count). The molecule has 1 fully saturated rings. The summed E-state index contributed by atoms with van der Waals surface area (Å²) in [5.41, 5.74) is 1.89. The van der Waals surface area contributed by atoms with Crippen LogP contribution in [0.4, 0.5) is 0 Å². The molecule has 22 heavy (non-hydrogen) atoms. The first kappa shape index (κ1) is 16.5. The van der Waals surface area contributed by atoms with Crippen molar-refractivity contribution in [2.75, 3.05) is 33.7 Å². The number of nitrogens with one attached hydrogen (secondary N) is 1. The van der Waals surface area contributed by atoms with Crippen molar-refractivity contribution < 1.29 is 9.59 Å². The molecule has 0 spiro atoms. The lowest BCUT2D eigenvalue weighted by Gasteiger charge is -2.19. The number of carbonyl (C=O) groups excluding carboxylic acids is 2. The van der Waals surface area contributed by atoms with E-state index in [4.69, 9.17) is 0 Å². The molecule has 0 radical (unpaired) electrons. The van der Waals surface area contributed by atoms with E-state index in [9.17, 15) is 9.59 Å². The van der Waals surface area contributed by atoms with Crippen molar-refractivity contribution in [3.8, 4) is 0 Å². The normalized spacial score (nSPS) is 18.3. The van der Waals surface area contributed by atoms with Gasteiger partial charge in [-0.25, -0.2) is 0 Å². The summed E-state index contributed by atoms with van der Waals surface area (Å²) in [5, 5.41) is 7.16. The van der Waals surface area contributed by atoms with Gasteiger partial charge in [0.1, 0.15) is 0 Å². The second-order valence-electron chi connectivity index (χ2n) is 6.16. The number of carbonyl (C=O) groups is 2. The molecule has 0 bridgehead atoms. The first-order valence-electron chi connectivity index (χ1n) is 7.56. The standard InChI is InChI=1S/C15H25N5O2/c1-11-7-13(19(4)17-11)9-16-15(22)12-8-14(21)20(10-12)6-5-18(2)3/h7,12H,5-6,8-10H2,1-4H3,(H,16,22). The fourth-order valence-corrected chi connectivity index (χ4v) is 2.64. The molecule has 1 aromatic heterocycles. The number of nitrogens with zero attached hydrogens (tertiary/aromatic N) is 4. The first-order valence-corrected chi connectivity index (χ1v) is 7.56. The van der Waals surface area contributed by atoms with Crippen LogP contribution in [-0.2, 0) is 23.2 Å². The SMILES string of the molecule is Cc1cc(CNC(=O)C2CC(=O)N(CCN(C)C)C2)n(C)n1. The zero-order valence-corrected chi connectivity index (χ0v) is 13.8. The van der Waals surface area contributed by atoms with E-state index in [0.29, 0.717) is 26.1 Å². The molecule has 1 aliphatic rings. The van der Waals surface area contributed by atoms with Crippen LogP contribution in [0.3, 0.4) is 0 Å². The van der Waals surface area contributed by atoms with Crippen molar-refractivity contribution in [1.29, 1.82) is 0 Å². The number of hydrogen-bond donors (Lipinski definition) is 1. The van der Waals surface area contributed by atoms with E-state index in [0.717, 1.165) is 17.9 Å². The van der Waals surface area contributed by atoms with Crippen LogP contribution >= 0.6 is 0 Å². The molecular weight excluding hydrogens is 282 g/mol. The molecule has 1 aromatic rings. The maximum absolute atomic E-state index is 12.2. The van der Waals surface area contributed by atoms with Gasteiger partial charge in [-0.05, 0) is 27.1 Å². The predicted octanol–water partition coefficient (Wildman–Crippen LogP) is -0.245. The zero-order chi connectivity index (χ0) is 16.3. The van der Waals surface area contributed by atoms with Crippen LogP contribution in [0.15, 0.2) is 6.07 Å². The molecular formula is C15H25N5O2. The Bertz CT molecular complexity index is 552. The number of likely N-dealkylation sites (N-methyl/N-ethyl adjacent to an activating group) is 1. The number of amides is 2. The fourth-order valence-electron chi connectivity index (χ4n) is 2.64. The van der Waals surface area contributed by atoms with Gasteiger partial charge in [-0.15, -0.1) is 0 Å². The summed E-state index contributed by atoms with van der Waals surface area (Å²) in [6.07, 6.45) is 0.309. The van der Waals surface area contributed by atoms with E-state index in [1.807, 2.05) is 39.0 Å². The third-order valence-corrected chi connectivity index (χ3v) is 3.95. The van der Waals surface area contributed by atoms with Gasteiger partial charge in [0.2, 0.25) is 11.8 Å². The van der Waals surface area contributed by atoms with E-state index in [1.165, 1.54) is 0 Å². The number of aryl methyl sites for hydroxylation is 2. The Morgan fingerprint density at radius 3 is 2.82 bits per heavy atom. The van der Waals surface area contributed by atoms with Crippen LogP contribution in [0.2, 0.25) is 0 Å². The highest BCUT2D eigenvalue weighted by molar-refractivity contribution is 5.89. The summed E-state index contributed by atoms with van der Waals surface area (Å²) in [6.45, 7) is 4.37. The highest BCUT2D eigenvalue weighted by Gasteiger charge is 2.33. The van der Waals surface area contributed by atoms with E-state index in [2.05, 4.69) is 10.4 Å². The van der Waals surface area contributed by atoms with Crippen LogP contribution in [-0.4, -0.2) is 65.1 Å². The highest BCUT2D eigenvalue weighted by atomic mass is 16.2. The molecule has 122 valence electrons. The first-order chi connectivity index (χ1) is 10.4. The summed E-state index contributed by atoms with van der Waals surface area (Å²) in [7, 11) is 5.80. The summed E-state index contributed by atoms with van der Waals surface area (Å²) in [5.74, 6) is -0.234. The van der Waals surface area contributed by atoms with E-state index >= 15 is 0 Å². The van der Waals surface area contributed by atoms with Gasteiger partial charge in [0.15, 0.2) is 0 Å². The molecule has 7 nitrogen and oxygen atoms in total. The Morgan fingerprint density at radius 2 is 2.23 bits per heavy atom. The Morgan fingerprint density at radius 1 is 1.50 bits per heavy atom. The van der Waals surface area contributed by atoms with E-state index in [-0.39, 0.29) is 17.7 Å². The van der Waals surface area contributed by atoms with Crippen molar-refractivity contribution >= 4 is 11.8 Å². The minimum absolute atomic E-state index is 0.0560. The topological polar surface area (TPSA) is 70.5 Å². The smallest absolute Gasteiger partial charge is 0.225 e. The van der Waals surface area contributed by atoms with Gasteiger partial charge < -0.3 is 15.1 Å². The molecule has 0 aliphatic carbocycles. The largest absolute Gasteiger partial charge is 0.350 e. The van der Waals surface area contributed by atoms with Gasteiger partial charge in [-0.2, -0.15) is 5.10 Å². The van der Waals surface area contributed by atoms with Crippen molar-refractivity contribution in [2.24, 2.45) is 13.0 Å². The van der Waals surface area contributed by atoms with Crippen molar-refractivity contribution in [3.63, 3.8) is 0 Å². The van der Waals surface area contributed by atoms with E-state index in [1.54, 1.807) is 9.58 Å². The zero-order valence-electron chi connectivity index (χ0n) is 13.8. The minimum Gasteiger partial charge on any atom is -0.350 e. The molecule has 0 aromatic carbocycles. The summed E-state index contributed by atoms with van der Waals surface area (Å²) in [4.78, 5) is 28.0. The van der Waals surface area contributed by atoms with Crippen molar-refractivity contribution in [3.05, 3.63) is 17.5 Å². The van der Waals surface area contributed by atoms with Gasteiger partial charge in [-0.3, -0.25) is 14.3 Å². The van der Waals surface area contributed by atoms with Crippen LogP contribution < -0.4 is 5.32 Å². The van der Waals surface area contributed by atoms with Crippen molar-refractivity contribution in [1.82, 2.24) is 24.9 Å².